The molecule has 3 rings (SSSR count). The summed E-state index contributed by atoms with van der Waals surface area (Å²) in [5.41, 5.74) is 2.07. The van der Waals surface area contributed by atoms with Crippen LogP contribution >= 0.6 is 0 Å². The number of hydrogen-bond acceptors (Lipinski definition) is 3. The van der Waals surface area contributed by atoms with Crippen molar-refractivity contribution >= 4 is 11.6 Å². The van der Waals surface area contributed by atoms with Crippen molar-refractivity contribution < 1.29 is 9.18 Å². The molecule has 0 bridgehead atoms. The van der Waals surface area contributed by atoms with Gasteiger partial charge in [-0.15, -0.1) is 0 Å². The summed E-state index contributed by atoms with van der Waals surface area (Å²) in [7, 11) is 0. The number of benzene rings is 2. The van der Waals surface area contributed by atoms with Crippen LogP contribution in [0.25, 0.3) is 0 Å². The summed E-state index contributed by atoms with van der Waals surface area (Å²) in [5.74, 6) is -0.215. The van der Waals surface area contributed by atoms with Crippen LogP contribution < -0.4 is 4.90 Å². The molecule has 2 aromatic carbocycles. The number of piperazine rings is 1. The number of carbonyl (C=O) groups excluding carboxylic acids is 1. The third kappa shape index (κ3) is 4.40. The van der Waals surface area contributed by atoms with Crippen LogP contribution in [0.3, 0.4) is 0 Å². The van der Waals surface area contributed by atoms with Crippen LogP contribution in [-0.4, -0.2) is 37.0 Å². The van der Waals surface area contributed by atoms with Crippen molar-refractivity contribution in [2.75, 3.05) is 31.1 Å². The predicted octanol–water partition coefficient (Wildman–Crippen LogP) is 3.37. The number of hydrogen-bond donors (Lipinski definition) is 0. The van der Waals surface area contributed by atoms with Crippen molar-refractivity contribution in [2.24, 2.45) is 0 Å². The van der Waals surface area contributed by atoms with Gasteiger partial charge in [-0.25, -0.2) is 4.39 Å². The highest BCUT2D eigenvalue weighted by Crippen LogP contribution is 2.22. The van der Waals surface area contributed by atoms with Gasteiger partial charge in [-0.1, -0.05) is 30.3 Å². The van der Waals surface area contributed by atoms with Crippen molar-refractivity contribution in [2.45, 2.75) is 19.3 Å². The smallest absolute Gasteiger partial charge is 0.222 e. The van der Waals surface area contributed by atoms with Gasteiger partial charge in [0.2, 0.25) is 5.91 Å². The van der Waals surface area contributed by atoms with Crippen LogP contribution in [0.5, 0.6) is 0 Å². The topological polar surface area (TPSA) is 47.3 Å². The molecule has 1 aliphatic rings. The van der Waals surface area contributed by atoms with Crippen LogP contribution in [0.1, 0.15) is 24.0 Å². The van der Waals surface area contributed by atoms with E-state index >= 15 is 0 Å². The molecule has 5 heteroatoms. The Morgan fingerprint density at radius 1 is 1.08 bits per heavy atom. The van der Waals surface area contributed by atoms with Crippen LogP contribution in [0.15, 0.2) is 48.5 Å². The predicted molar refractivity (Wildman–Crippen MR) is 99.3 cm³/mol. The number of aryl methyl sites for hydroxylation is 1. The summed E-state index contributed by atoms with van der Waals surface area (Å²) in [6.07, 6.45) is 2.29. The fourth-order valence-corrected chi connectivity index (χ4v) is 3.28. The molecule has 26 heavy (non-hydrogen) atoms. The minimum absolute atomic E-state index is 0.167. The van der Waals surface area contributed by atoms with Gasteiger partial charge in [0.15, 0.2) is 0 Å². The zero-order valence-corrected chi connectivity index (χ0v) is 14.7. The number of halogens is 1. The number of anilines is 1. The molecule has 0 unspecified atom stereocenters. The number of rotatable bonds is 5. The van der Waals surface area contributed by atoms with E-state index in [0.29, 0.717) is 43.9 Å². The lowest BCUT2D eigenvalue weighted by Gasteiger charge is -2.36. The summed E-state index contributed by atoms with van der Waals surface area (Å²) in [5, 5.41) is 8.83. The molecule has 1 amide bonds. The van der Waals surface area contributed by atoms with E-state index in [0.717, 1.165) is 12.8 Å². The Kier molecular flexibility index (Phi) is 5.85. The molecular formula is C21H22FN3O. The average Bonchev–Trinajstić information content (AvgIpc) is 2.69. The lowest BCUT2D eigenvalue weighted by molar-refractivity contribution is -0.131. The second-order valence-electron chi connectivity index (χ2n) is 6.48. The van der Waals surface area contributed by atoms with Gasteiger partial charge in [-0.05, 0) is 36.6 Å². The second kappa shape index (κ2) is 8.48. The average molecular weight is 351 g/mol. The Labute approximate surface area is 153 Å². The van der Waals surface area contributed by atoms with E-state index in [1.54, 1.807) is 12.1 Å². The molecule has 2 aromatic rings. The van der Waals surface area contributed by atoms with Gasteiger partial charge < -0.3 is 9.80 Å². The summed E-state index contributed by atoms with van der Waals surface area (Å²) < 4.78 is 14.1. The van der Waals surface area contributed by atoms with Crippen LogP contribution in [-0.2, 0) is 11.2 Å². The largest absolute Gasteiger partial charge is 0.366 e. The highest BCUT2D eigenvalue weighted by Gasteiger charge is 2.22. The normalized spacial score (nSPS) is 14.2. The molecule has 0 N–H and O–H groups in total. The quantitative estimate of drug-likeness (QED) is 0.830. The number of amides is 1. The number of nitrogens with zero attached hydrogens (tertiary/aromatic N) is 3. The molecule has 1 fully saturated rings. The van der Waals surface area contributed by atoms with Gasteiger partial charge in [0.05, 0.1) is 17.3 Å². The SMILES string of the molecule is N#Cc1ccc(N2CCN(C(=O)CCCc3ccccc3)CC2)c(F)c1. The van der Waals surface area contributed by atoms with E-state index in [9.17, 15) is 9.18 Å². The number of carbonyl (C=O) groups is 1. The fraction of sp³-hybridized carbons (Fsp3) is 0.333. The Balaban J connectivity index is 1.47. The van der Waals surface area contributed by atoms with E-state index < -0.39 is 0 Å². The van der Waals surface area contributed by atoms with Gasteiger partial charge in [-0.2, -0.15) is 5.26 Å². The van der Waals surface area contributed by atoms with Gasteiger partial charge in [0.25, 0.3) is 0 Å². The van der Waals surface area contributed by atoms with E-state index in [-0.39, 0.29) is 11.7 Å². The summed E-state index contributed by atoms with van der Waals surface area (Å²) in [4.78, 5) is 16.2. The minimum Gasteiger partial charge on any atom is -0.366 e. The Bertz CT molecular complexity index is 793. The van der Waals surface area contributed by atoms with Gasteiger partial charge >= 0.3 is 0 Å². The molecule has 134 valence electrons. The van der Waals surface area contributed by atoms with E-state index in [1.165, 1.54) is 11.6 Å². The van der Waals surface area contributed by atoms with Crippen LogP contribution in [0, 0.1) is 17.1 Å². The van der Waals surface area contributed by atoms with Crippen LogP contribution in [0.4, 0.5) is 10.1 Å². The summed E-state index contributed by atoms with van der Waals surface area (Å²) in [6.45, 7) is 2.41. The van der Waals surface area contributed by atoms with E-state index in [4.69, 9.17) is 5.26 Å². The molecule has 0 saturated carbocycles. The summed E-state index contributed by atoms with van der Waals surface area (Å²) >= 11 is 0. The maximum atomic E-state index is 14.1. The molecule has 0 spiro atoms. The molecule has 1 saturated heterocycles. The van der Waals surface area contributed by atoms with Gasteiger partial charge in [0, 0.05) is 32.6 Å². The van der Waals surface area contributed by atoms with Crippen molar-refractivity contribution in [3.63, 3.8) is 0 Å². The standard InChI is InChI=1S/C21H22FN3O/c22-19-15-18(16-23)9-10-20(19)24-11-13-25(14-12-24)21(26)8-4-7-17-5-2-1-3-6-17/h1-3,5-6,9-10,15H,4,7-8,11-14H2. The van der Waals surface area contributed by atoms with Gasteiger partial charge in [0.1, 0.15) is 5.82 Å². The third-order valence-electron chi connectivity index (χ3n) is 4.75. The van der Waals surface area contributed by atoms with Crippen molar-refractivity contribution in [1.82, 2.24) is 4.90 Å². The maximum absolute atomic E-state index is 14.1. The molecule has 0 aliphatic carbocycles. The molecule has 0 atom stereocenters. The lowest BCUT2D eigenvalue weighted by Crippen LogP contribution is -2.49. The Hall–Kier alpha value is -2.87. The van der Waals surface area contributed by atoms with E-state index in [2.05, 4.69) is 12.1 Å². The summed E-state index contributed by atoms with van der Waals surface area (Å²) in [6, 6.07) is 16.6. The highest BCUT2D eigenvalue weighted by molar-refractivity contribution is 5.76. The number of nitriles is 1. The first-order valence-corrected chi connectivity index (χ1v) is 8.93. The van der Waals surface area contributed by atoms with Crippen molar-refractivity contribution in [3.05, 3.63) is 65.5 Å². The van der Waals surface area contributed by atoms with Gasteiger partial charge in [-0.3, -0.25) is 4.79 Å². The molecule has 0 aromatic heterocycles. The molecule has 4 nitrogen and oxygen atoms in total. The fourth-order valence-electron chi connectivity index (χ4n) is 3.28. The Morgan fingerprint density at radius 2 is 1.81 bits per heavy atom. The maximum Gasteiger partial charge on any atom is 0.222 e. The van der Waals surface area contributed by atoms with Crippen molar-refractivity contribution in [1.29, 1.82) is 5.26 Å². The minimum atomic E-state index is -0.383. The molecule has 0 radical (unpaired) electrons. The zero-order chi connectivity index (χ0) is 18.4. The zero-order valence-electron chi connectivity index (χ0n) is 14.7. The lowest BCUT2D eigenvalue weighted by atomic mass is 10.1. The molecule has 1 aliphatic heterocycles. The molecular weight excluding hydrogens is 329 g/mol. The van der Waals surface area contributed by atoms with Crippen molar-refractivity contribution in [3.8, 4) is 6.07 Å². The first kappa shape index (κ1) is 17.9. The third-order valence-corrected chi connectivity index (χ3v) is 4.75. The van der Waals surface area contributed by atoms with E-state index in [1.807, 2.05) is 34.1 Å². The second-order valence-corrected chi connectivity index (χ2v) is 6.48. The van der Waals surface area contributed by atoms with Crippen LogP contribution in [0.2, 0.25) is 0 Å². The first-order valence-electron chi connectivity index (χ1n) is 8.93. The Morgan fingerprint density at radius 3 is 2.46 bits per heavy atom. The molecule has 1 heterocycles. The monoisotopic (exact) mass is 351 g/mol. The highest BCUT2D eigenvalue weighted by atomic mass is 19.1. The first-order chi connectivity index (χ1) is 12.7.